The van der Waals surface area contributed by atoms with Crippen LogP contribution in [0.2, 0.25) is 0 Å². The molecule has 0 spiro atoms. The summed E-state index contributed by atoms with van der Waals surface area (Å²) in [5.41, 5.74) is 11.3. The van der Waals surface area contributed by atoms with Crippen molar-refractivity contribution in [2.45, 2.75) is 6.04 Å². The highest BCUT2D eigenvalue weighted by Gasteiger charge is 2.07. The number of hydrogen-bond acceptors (Lipinski definition) is 2. The number of aliphatic hydroxyl groups is 1. The second-order valence-corrected chi connectivity index (χ2v) is 2.66. The minimum absolute atomic E-state index is 0.0112. The third kappa shape index (κ3) is 2.76. The largest absolute Gasteiger partial charge is 0.394 e. The summed E-state index contributed by atoms with van der Waals surface area (Å²) in [6.07, 6.45) is 0. The second kappa shape index (κ2) is 4.47. The predicted octanol–water partition coefficient (Wildman–Crippen LogP) is -0.00660. The number of hydrogen-bond donors (Lipinski definition) is 3. The fourth-order valence-electron chi connectivity index (χ4n) is 1.08. The van der Waals surface area contributed by atoms with Gasteiger partial charge >= 0.3 is 0 Å². The van der Waals surface area contributed by atoms with Crippen LogP contribution in [-0.4, -0.2) is 17.7 Å². The zero-order chi connectivity index (χ0) is 9.68. The lowest BCUT2D eigenvalue weighted by atomic mass is 10.1. The van der Waals surface area contributed by atoms with Crippen molar-refractivity contribution in [3.63, 3.8) is 0 Å². The molecule has 1 aromatic carbocycles. The Morgan fingerprint density at radius 1 is 1.31 bits per heavy atom. The predicted molar refractivity (Wildman–Crippen MR) is 52.1 cm³/mol. The van der Waals surface area contributed by atoms with Crippen LogP contribution in [0.1, 0.15) is 11.6 Å². The first kappa shape index (κ1) is 9.54. The lowest BCUT2D eigenvalue weighted by molar-refractivity contribution is 0.269. The first-order valence-electron chi connectivity index (χ1n) is 3.98. The Kier molecular flexibility index (Phi) is 3.28. The summed E-state index contributed by atoms with van der Waals surface area (Å²) >= 11 is 0. The minimum Gasteiger partial charge on any atom is -0.394 e. The first-order chi connectivity index (χ1) is 6.24. The normalized spacial score (nSPS) is 12.1. The molecular weight excluding hydrogens is 166 g/mol. The molecule has 1 aromatic rings. The van der Waals surface area contributed by atoms with Crippen molar-refractivity contribution in [3.8, 4) is 0 Å². The average molecular weight is 179 g/mol. The van der Waals surface area contributed by atoms with Gasteiger partial charge in [0, 0.05) is 0 Å². The van der Waals surface area contributed by atoms with Crippen molar-refractivity contribution < 1.29 is 5.11 Å². The number of guanidine groups is 1. The van der Waals surface area contributed by atoms with E-state index in [0.29, 0.717) is 0 Å². The van der Waals surface area contributed by atoms with E-state index >= 15 is 0 Å². The van der Waals surface area contributed by atoms with E-state index in [9.17, 15) is 0 Å². The molecule has 13 heavy (non-hydrogen) atoms. The summed E-state index contributed by atoms with van der Waals surface area (Å²) < 4.78 is 0. The Bertz CT molecular complexity index is 280. The molecule has 0 heterocycles. The molecule has 4 heteroatoms. The zero-order valence-electron chi connectivity index (χ0n) is 7.22. The summed E-state index contributed by atoms with van der Waals surface area (Å²) in [5, 5.41) is 9.01. The third-order valence-corrected chi connectivity index (χ3v) is 1.66. The van der Waals surface area contributed by atoms with Crippen LogP contribution in [0, 0.1) is 0 Å². The zero-order valence-corrected chi connectivity index (χ0v) is 7.22. The van der Waals surface area contributed by atoms with Crippen molar-refractivity contribution in [3.05, 3.63) is 35.9 Å². The lowest BCUT2D eigenvalue weighted by Gasteiger charge is -2.09. The maximum Gasteiger partial charge on any atom is 0.186 e. The Morgan fingerprint density at radius 3 is 2.38 bits per heavy atom. The Morgan fingerprint density at radius 2 is 1.92 bits per heavy atom. The quantitative estimate of drug-likeness (QED) is 0.451. The van der Waals surface area contributed by atoms with Crippen LogP contribution in [0.25, 0.3) is 0 Å². The molecule has 1 atom stereocenters. The van der Waals surface area contributed by atoms with Gasteiger partial charge in [0.1, 0.15) is 6.04 Å². The van der Waals surface area contributed by atoms with E-state index < -0.39 is 0 Å². The van der Waals surface area contributed by atoms with Crippen molar-refractivity contribution in [1.82, 2.24) is 0 Å². The highest BCUT2D eigenvalue weighted by atomic mass is 16.3. The monoisotopic (exact) mass is 179 g/mol. The molecule has 0 unspecified atom stereocenters. The number of rotatable bonds is 3. The van der Waals surface area contributed by atoms with Crippen LogP contribution in [0.4, 0.5) is 0 Å². The van der Waals surface area contributed by atoms with Gasteiger partial charge < -0.3 is 16.6 Å². The number of benzene rings is 1. The Balaban J connectivity index is 2.85. The Labute approximate surface area is 76.9 Å². The van der Waals surface area contributed by atoms with Crippen LogP contribution in [0.5, 0.6) is 0 Å². The molecule has 0 saturated heterocycles. The summed E-state index contributed by atoms with van der Waals surface area (Å²) in [7, 11) is 0. The number of nitrogens with zero attached hydrogens (tertiary/aromatic N) is 1. The number of nitrogens with two attached hydrogens (primary N) is 2. The van der Waals surface area contributed by atoms with Gasteiger partial charge in [-0.05, 0) is 5.56 Å². The van der Waals surface area contributed by atoms with Gasteiger partial charge in [-0.15, -0.1) is 0 Å². The first-order valence-corrected chi connectivity index (χ1v) is 3.98. The van der Waals surface area contributed by atoms with Crippen LogP contribution in [0.15, 0.2) is 35.3 Å². The maximum absolute atomic E-state index is 9.01. The highest BCUT2D eigenvalue weighted by Crippen LogP contribution is 2.15. The van der Waals surface area contributed by atoms with Crippen LogP contribution < -0.4 is 11.5 Å². The van der Waals surface area contributed by atoms with Gasteiger partial charge in [-0.25, -0.2) is 4.99 Å². The van der Waals surface area contributed by atoms with Gasteiger partial charge in [0.2, 0.25) is 0 Å². The fraction of sp³-hybridized carbons (Fsp3) is 0.222. The van der Waals surface area contributed by atoms with E-state index in [4.69, 9.17) is 16.6 Å². The molecule has 0 aliphatic heterocycles. The molecule has 70 valence electrons. The fourth-order valence-corrected chi connectivity index (χ4v) is 1.08. The summed E-state index contributed by atoms with van der Waals surface area (Å²) in [4.78, 5) is 3.89. The summed E-state index contributed by atoms with van der Waals surface area (Å²) in [6, 6.07) is 9.03. The van der Waals surface area contributed by atoms with Crippen LogP contribution >= 0.6 is 0 Å². The molecule has 0 aromatic heterocycles. The van der Waals surface area contributed by atoms with Crippen LogP contribution in [-0.2, 0) is 0 Å². The Hall–Kier alpha value is -1.55. The molecular formula is C9H13N3O. The van der Waals surface area contributed by atoms with Crippen LogP contribution in [0.3, 0.4) is 0 Å². The van der Waals surface area contributed by atoms with E-state index in [-0.39, 0.29) is 18.6 Å². The van der Waals surface area contributed by atoms with Gasteiger partial charge in [0.15, 0.2) is 5.96 Å². The summed E-state index contributed by atoms with van der Waals surface area (Å²) in [5.74, 6) is -0.0112. The molecule has 0 fully saturated rings. The molecule has 1 rings (SSSR count). The minimum atomic E-state index is -0.355. The molecule has 0 amide bonds. The molecule has 0 bridgehead atoms. The smallest absolute Gasteiger partial charge is 0.186 e. The van der Waals surface area contributed by atoms with E-state index in [1.165, 1.54) is 0 Å². The van der Waals surface area contributed by atoms with Gasteiger partial charge in [-0.1, -0.05) is 30.3 Å². The van der Waals surface area contributed by atoms with Gasteiger partial charge in [-0.3, -0.25) is 0 Å². The van der Waals surface area contributed by atoms with E-state index in [0.717, 1.165) is 5.56 Å². The van der Waals surface area contributed by atoms with Crippen molar-refractivity contribution in [2.75, 3.05) is 6.61 Å². The molecule has 5 N–H and O–H groups in total. The van der Waals surface area contributed by atoms with Gasteiger partial charge in [0.05, 0.1) is 6.61 Å². The maximum atomic E-state index is 9.01. The lowest BCUT2D eigenvalue weighted by Crippen LogP contribution is -2.24. The van der Waals surface area contributed by atoms with Crippen molar-refractivity contribution in [1.29, 1.82) is 0 Å². The van der Waals surface area contributed by atoms with E-state index in [1.54, 1.807) is 0 Å². The molecule has 0 saturated carbocycles. The SMILES string of the molecule is NC(N)=N[C@@H](CO)c1ccccc1. The van der Waals surface area contributed by atoms with E-state index in [2.05, 4.69) is 4.99 Å². The third-order valence-electron chi connectivity index (χ3n) is 1.66. The average Bonchev–Trinajstić information content (AvgIpc) is 2.15. The topological polar surface area (TPSA) is 84.6 Å². The molecule has 0 aliphatic rings. The van der Waals surface area contributed by atoms with Gasteiger partial charge in [0.25, 0.3) is 0 Å². The molecule has 0 radical (unpaired) electrons. The van der Waals surface area contributed by atoms with Crippen molar-refractivity contribution >= 4 is 5.96 Å². The van der Waals surface area contributed by atoms with Gasteiger partial charge in [-0.2, -0.15) is 0 Å². The standard InChI is InChI=1S/C9H13N3O/c10-9(11)12-8(6-13)7-4-2-1-3-5-7/h1-5,8,13H,6H2,(H4,10,11,12)/t8-/m0/s1. The number of aliphatic imine (C=N–C) groups is 1. The van der Waals surface area contributed by atoms with Crippen molar-refractivity contribution in [2.24, 2.45) is 16.5 Å². The highest BCUT2D eigenvalue weighted by molar-refractivity contribution is 5.76. The molecule has 4 nitrogen and oxygen atoms in total. The second-order valence-electron chi connectivity index (χ2n) is 2.66. The molecule has 0 aliphatic carbocycles. The van der Waals surface area contributed by atoms with E-state index in [1.807, 2.05) is 30.3 Å². The number of aliphatic hydroxyl groups excluding tert-OH is 1. The summed E-state index contributed by atoms with van der Waals surface area (Å²) in [6.45, 7) is -0.0953.